The van der Waals surface area contributed by atoms with Gasteiger partial charge in [-0.25, -0.2) is 0 Å². The molecule has 1 aromatic heterocycles. The van der Waals surface area contributed by atoms with Crippen LogP contribution in [-0.4, -0.2) is 40.6 Å². The quantitative estimate of drug-likeness (QED) is 0.597. The molecule has 2 aromatic carbocycles. The summed E-state index contributed by atoms with van der Waals surface area (Å²) in [5.41, 5.74) is 6.04. The van der Waals surface area contributed by atoms with Crippen molar-refractivity contribution >= 4 is 11.6 Å². The predicted molar refractivity (Wildman–Crippen MR) is 135 cm³/mol. The minimum absolute atomic E-state index is 0.0460. The molecule has 0 bridgehead atoms. The van der Waals surface area contributed by atoms with Crippen LogP contribution in [0.5, 0.6) is 0 Å². The monoisotopic (exact) mass is 455 g/mol. The van der Waals surface area contributed by atoms with Crippen molar-refractivity contribution in [3.05, 3.63) is 94.8 Å². The number of aryl methyl sites for hydroxylation is 1. The Kier molecular flexibility index (Phi) is 6.24. The zero-order chi connectivity index (χ0) is 23.7. The molecule has 2 heterocycles. The third-order valence-corrected chi connectivity index (χ3v) is 7.76. The fourth-order valence-electron chi connectivity index (χ4n) is 6.09. The highest BCUT2D eigenvalue weighted by Gasteiger charge is 2.47. The molecule has 3 aromatic rings. The van der Waals surface area contributed by atoms with E-state index in [0.29, 0.717) is 11.5 Å². The zero-order valence-electron chi connectivity index (χ0n) is 20.0. The van der Waals surface area contributed by atoms with Crippen LogP contribution in [0.25, 0.3) is 0 Å². The third-order valence-electron chi connectivity index (χ3n) is 7.76. The van der Waals surface area contributed by atoms with Crippen LogP contribution in [0.1, 0.15) is 52.0 Å². The highest BCUT2D eigenvalue weighted by atomic mass is 16.3. The maximum atomic E-state index is 13.1. The number of pyridine rings is 1. The van der Waals surface area contributed by atoms with Crippen LogP contribution < -0.4 is 5.32 Å². The van der Waals surface area contributed by atoms with Gasteiger partial charge in [-0.05, 0) is 86.5 Å². The molecule has 3 atom stereocenters. The Morgan fingerprint density at radius 3 is 2.79 bits per heavy atom. The second kappa shape index (κ2) is 9.32. The van der Waals surface area contributed by atoms with E-state index in [9.17, 15) is 9.90 Å². The van der Waals surface area contributed by atoms with Gasteiger partial charge in [0.05, 0.1) is 17.5 Å². The maximum Gasteiger partial charge on any atom is 0.255 e. The SMILES string of the molecule is Cc1ncccc1NC(=O)c1ccc2c(c1)CN(C)CC1CC(O)CCC21Cc1ccccc1. The number of nitrogens with one attached hydrogen (secondary N) is 1. The summed E-state index contributed by atoms with van der Waals surface area (Å²) < 4.78 is 0. The lowest BCUT2D eigenvalue weighted by atomic mass is 9.59. The number of carbonyl (C=O) groups is 1. The smallest absolute Gasteiger partial charge is 0.255 e. The van der Waals surface area contributed by atoms with Gasteiger partial charge in [0.1, 0.15) is 0 Å². The van der Waals surface area contributed by atoms with Crippen molar-refractivity contribution in [2.45, 2.75) is 50.7 Å². The van der Waals surface area contributed by atoms with Gasteiger partial charge in [0.2, 0.25) is 0 Å². The molecule has 0 radical (unpaired) electrons. The first-order chi connectivity index (χ1) is 16.4. The van der Waals surface area contributed by atoms with E-state index in [2.05, 4.69) is 64.7 Å². The van der Waals surface area contributed by atoms with Gasteiger partial charge in [0, 0.05) is 30.3 Å². The van der Waals surface area contributed by atoms with Crippen LogP contribution in [-0.2, 0) is 18.4 Å². The molecule has 1 aliphatic heterocycles. The number of amides is 1. The number of aliphatic hydroxyl groups excluding tert-OH is 1. The largest absolute Gasteiger partial charge is 0.393 e. The maximum absolute atomic E-state index is 13.1. The van der Waals surface area contributed by atoms with Crippen LogP contribution in [0.4, 0.5) is 5.69 Å². The molecule has 176 valence electrons. The molecular weight excluding hydrogens is 422 g/mol. The molecule has 0 saturated heterocycles. The van der Waals surface area contributed by atoms with Crippen LogP contribution in [0.15, 0.2) is 66.9 Å². The van der Waals surface area contributed by atoms with Crippen molar-refractivity contribution in [1.82, 2.24) is 9.88 Å². The highest BCUT2D eigenvalue weighted by molar-refractivity contribution is 6.04. The Morgan fingerprint density at radius 1 is 1.18 bits per heavy atom. The van der Waals surface area contributed by atoms with Gasteiger partial charge in [0.25, 0.3) is 5.91 Å². The van der Waals surface area contributed by atoms with Gasteiger partial charge < -0.3 is 15.3 Å². The summed E-state index contributed by atoms with van der Waals surface area (Å²) in [6, 6.07) is 20.6. The number of rotatable bonds is 4. The molecule has 1 fully saturated rings. The normalized spacial score (nSPS) is 24.6. The molecule has 1 aliphatic carbocycles. The van der Waals surface area contributed by atoms with E-state index >= 15 is 0 Å². The van der Waals surface area contributed by atoms with E-state index in [4.69, 9.17) is 0 Å². The number of aromatic nitrogens is 1. The molecule has 34 heavy (non-hydrogen) atoms. The summed E-state index contributed by atoms with van der Waals surface area (Å²) in [7, 11) is 2.15. The zero-order valence-corrected chi connectivity index (χ0v) is 20.0. The Hall–Kier alpha value is -3.02. The number of hydrogen-bond donors (Lipinski definition) is 2. The summed E-state index contributed by atoms with van der Waals surface area (Å²) in [6.07, 6.45) is 5.03. The van der Waals surface area contributed by atoms with Gasteiger partial charge in [-0.2, -0.15) is 0 Å². The minimum Gasteiger partial charge on any atom is -0.393 e. The van der Waals surface area contributed by atoms with Crippen molar-refractivity contribution in [2.75, 3.05) is 18.9 Å². The number of hydrogen-bond acceptors (Lipinski definition) is 4. The van der Waals surface area contributed by atoms with Crippen molar-refractivity contribution in [2.24, 2.45) is 5.92 Å². The van der Waals surface area contributed by atoms with E-state index in [1.807, 2.05) is 25.1 Å². The summed E-state index contributed by atoms with van der Waals surface area (Å²) in [6.45, 7) is 3.63. The van der Waals surface area contributed by atoms with Crippen LogP contribution in [0.2, 0.25) is 0 Å². The first kappa shape index (κ1) is 22.8. The molecule has 0 spiro atoms. The van der Waals surface area contributed by atoms with E-state index < -0.39 is 0 Å². The van der Waals surface area contributed by atoms with Crippen molar-refractivity contribution < 1.29 is 9.90 Å². The Labute approximate surface area is 201 Å². The Morgan fingerprint density at radius 2 is 2.00 bits per heavy atom. The van der Waals surface area contributed by atoms with Gasteiger partial charge in [0.15, 0.2) is 0 Å². The summed E-state index contributed by atoms with van der Waals surface area (Å²) in [5, 5.41) is 13.6. The average Bonchev–Trinajstić information content (AvgIpc) is 2.94. The standard InChI is InChI=1S/C29H33N3O2/c1-20-27(9-6-14-30-20)31-28(34)22-10-11-26-23(15-22)18-32(2)19-24-16-25(33)12-13-29(24,26)17-21-7-4-3-5-8-21/h3-11,14-15,24-25,33H,12-13,16-19H2,1-2H3,(H,31,34). The third kappa shape index (κ3) is 4.38. The van der Waals surface area contributed by atoms with Gasteiger partial charge in [-0.1, -0.05) is 36.4 Å². The first-order valence-corrected chi connectivity index (χ1v) is 12.2. The lowest BCUT2D eigenvalue weighted by Gasteiger charge is -2.46. The number of nitrogens with zero attached hydrogens (tertiary/aromatic N) is 2. The Balaban J connectivity index is 1.54. The lowest BCUT2D eigenvalue weighted by molar-refractivity contribution is 0.0391. The van der Waals surface area contributed by atoms with Gasteiger partial charge >= 0.3 is 0 Å². The van der Waals surface area contributed by atoms with E-state index in [1.165, 1.54) is 16.7 Å². The summed E-state index contributed by atoms with van der Waals surface area (Å²) in [4.78, 5) is 19.8. The van der Waals surface area contributed by atoms with Gasteiger partial charge in [-0.15, -0.1) is 0 Å². The van der Waals surface area contributed by atoms with Crippen molar-refractivity contribution in [3.63, 3.8) is 0 Å². The predicted octanol–water partition coefficient (Wildman–Crippen LogP) is 4.73. The summed E-state index contributed by atoms with van der Waals surface area (Å²) in [5.74, 6) is 0.249. The molecule has 2 aliphatic rings. The molecule has 1 amide bonds. The molecular formula is C29H33N3O2. The van der Waals surface area contributed by atoms with Crippen molar-refractivity contribution in [1.29, 1.82) is 0 Å². The molecule has 3 unspecified atom stereocenters. The van der Waals surface area contributed by atoms with E-state index in [-0.39, 0.29) is 17.4 Å². The highest BCUT2D eigenvalue weighted by Crippen LogP contribution is 2.49. The van der Waals surface area contributed by atoms with Crippen LogP contribution >= 0.6 is 0 Å². The number of carbonyl (C=O) groups excluding carboxylic acids is 1. The molecule has 2 N–H and O–H groups in total. The second-order valence-electron chi connectivity index (χ2n) is 10.1. The topological polar surface area (TPSA) is 65.5 Å². The molecule has 1 saturated carbocycles. The molecule has 5 heteroatoms. The van der Waals surface area contributed by atoms with Crippen LogP contribution in [0.3, 0.4) is 0 Å². The van der Waals surface area contributed by atoms with Crippen LogP contribution in [0, 0.1) is 12.8 Å². The minimum atomic E-state index is -0.239. The van der Waals surface area contributed by atoms with E-state index in [0.717, 1.165) is 50.2 Å². The van der Waals surface area contributed by atoms with E-state index in [1.54, 1.807) is 6.20 Å². The summed E-state index contributed by atoms with van der Waals surface area (Å²) >= 11 is 0. The second-order valence-corrected chi connectivity index (χ2v) is 10.1. The number of fused-ring (bicyclic) bond motifs is 3. The number of aliphatic hydroxyl groups is 1. The molecule has 5 nitrogen and oxygen atoms in total. The average molecular weight is 456 g/mol. The van der Waals surface area contributed by atoms with Gasteiger partial charge in [-0.3, -0.25) is 9.78 Å². The number of benzene rings is 2. The first-order valence-electron chi connectivity index (χ1n) is 12.2. The lowest BCUT2D eigenvalue weighted by Crippen LogP contribution is -2.46. The fourth-order valence-corrected chi connectivity index (χ4v) is 6.09. The Bertz CT molecular complexity index is 1180. The van der Waals surface area contributed by atoms with Crippen molar-refractivity contribution in [3.8, 4) is 0 Å². The molecule has 5 rings (SSSR count). The number of anilines is 1. The fraction of sp³-hybridized carbons (Fsp3) is 0.379.